The van der Waals surface area contributed by atoms with Gasteiger partial charge in [-0.3, -0.25) is 4.90 Å². The fraction of sp³-hybridized carbons (Fsp3) is 0.471. The summed E-state index contributed by atoms with van der Waals surface area (Å²) in [6, 6.07) is 6.60. The van der Waals surface area contributed by atoms with E-state index < -0.39 is 0 Å². The molecule has 1 N–H and O–H groups in total. The first-order valence-corrected chi connectivity index (χ1v) is 7.88. The van der Waals surface area contributed by atoms with Crippen molar-refractivity contribution in [1.82, 2.24) is 19.8 Å². The van der Waals surface area contributed by atoms with Crippen LogP contribution in [0.25, 0.3) is 11.4 Å². The summed E-state index contributed by atoms with van der Waals surface area (Å²) in [7, 11) is 0. The van der Waals surface area contributed by atoms with Crippen LogP contribution in [0, 0.1) is 19.7 Å². The lowest BCUT2D eigenvalue weighted by Gasteiger charge is -2.27. The third kappa shape index (κ3) is 3.20. The molecule has 0 atom stereocenters. The van der Waals surface area contributed by atoms with Crippen LogP contribution in [0.2, 0.25) is 0 Å². The van der Waals surface area contributed by atoms with Gasteiger partial charge in [-0.1, -0.05) is 0 Å². The van der Waals surface area contributed by atoms with Gasteiger partial charge in [0.1, 0.15) is 11.6 Å². The lowest BCUT2D eigenvalue weighted by molar-refractivity contribution is 0.232. The van der Waals surface area contributed by atoms with Gasteiger partial charge in [0.05, 0.1) is 5.69 Å². The van der Waals surface area contributed by atoms with E-state index in [4.69, 9.17) is 0 Å². The van der Waals surface area contributed by atoms with Gasteiger partial charge in [0.25, 0.3) is 0 Å². The van der Waals surface area contributed by atoms with Crippen LogP contribution >= 0.6 is 0 Å². The quantitative estimate of drug-likeness (QED) is 0.940. The molecule has 1 saturated heterocycles. The summed E-state index contributed by atoms with van der Waals surface area (Å²) in [5.41, 5.74) is 3.20. The Kier molecular flexibility index (Phi) is 4.55. The van der Waals surface area contributed by atoms with Gasteiger partial charge in [0.2, 0.25) is 0 Å². The predicted molar refractivity (Wildman–Crippen MR) is 86.4 cm³/mol. The molecule has 118 valence electrons. The maximum Gasteiger partial charge on any atom is 0.140 e. The number of rotatable bonds is 4. The molecule has 1 fully saturated rings. The molecule has 0 amide bonds. The molecule has 5 heteroatoms. The smallest absolute Gasteiger partial charge is 0.140 e. The SMILES string of the molecule is Cc1nc(-c2ccc(F)cc2)n(CCN2CCNCC2)c1C. The van der Waals surface area contributed by atoms with Crippen molar-refractivity contribution in [2.24, 2.45) is 0 Å². The molecule has 1 aliphatic rings. The molecule has 22 heavy (non-hydrogen) atoms. The lowest BCUT2D eigenvalue weighted by atomic mass is 10.2. The van der Waals surface area contributed by atoms with Crippen molar-refractivity contribution >= 4 is 0 Å². The van der Waals surface area contributed by atoms with Crippen molar-refractivity contribution in [1.29, 1.82) is 0 Å². The summed E-state index contributed by atoms with van der Waals surface area (Å²) in [5.74, 6) is 0.723. The average molecular weight is 302 g/mol. The molecule has 2 heterocycles. The molecule has 0 bridgehead atoms. The fourth-order valence-corrected chi connectivity index (χ4v) is 2.92. The van der Waals surface area contributed by atoms with E-state index in [-0.39, 0.29) is 5.82 Å². The second-order valence-electron chi connectivity index (χ2n) is 5.86. The molecule has 0 unspecified atom stereocenters. The third-order valence-electron chi connectivity index (χ3n) is 4.41. The Morgan fingerprint density at radius 1 is 1.09 bits per heavy atom. The minimum Gasteiger partial charge on any atom is -0.327 e. The van der Waals surface area contributed by atoms with Crippen LogP contribution in [-0.2, 0) is 6.54 Å². The monoisotopic (exact) mass is 302 g/mol. The van der Waals surface area contributed by atoms with E-state index in [1.165, 1.54) is 17.8 Å². The van der Waals surface area contributed by atoms with E-state index in [0.29, 0.717) is 0 Å². The summed E-state index contributed by atoms with van der Waals surface area (Å²) >= 11 is 0. The molecule has 4 nitrogen and oxygen atoms in total. The number of halogens is 1. The third-order valence-corrected chi connectivity index (χ3v) is 4.41. The molecular formula is C17H23FN4. The van der Waals surface area contributed by atoms with Crippen molar-refractivity contribution < 1.29 is 4.39 Å². The summed E-state index contributed by atoms with van der Waals surface area (Å²) < 4.78 is 15.4. The Hall–Kier alpha value is -1.72. The van der Waals surface area contributed by atoms with Crippen LogP contribution in [0.5, 0.6) is 0 Å². The summed E-state index contributed by atoms with van der Waals surface area (Å²) in [5, 5.41) is 3.37. The normalized spacial score (nSPS) is 16.1. The number of aromatic nitrogens is 2. The van der Waals surface area contributed by atoms with Gasteiger partial charge in [0.15, 0.2) is 0 Å². The Morgan fingerprint density at radius 3 is 2.45 bits per heavy atom. The minimum absolute atomic E-state index is 0.212. The average Bonchev–Trinajstić information content (AvgIpc) is 2.82. The van der Waals surface area contributed by atoms with Crippen molar-refractivity contribution in [2.75, 3.05) is 32.7 Å². The van der Waals surface area contributed by atoms with Crippen LogP contribution < -0.4 is 5.32 Å². The Bertz CT molecular complexity index is 627. The van der Waals surface area contributed by atoms with E-state index in [1.54, 1.807) is 12.1 Å². The zero-order valence-corrected chi connectivity index (χ0v) is 13.3. The van der Waals surface area contributed by atoms with E-state index in [0.717, 1.165) is 56.4 Å². The number of nitrogens with zero attached hydrogens (tertiary/aromatic N) is 3. The first-order chi connectivity index (χ1) is 10.6. The van der Waals surface area contributed by atoms with Crippen molar-refractivity contribution in [3.05, 3.63) is 41.5 Å². The summed E-state index contributed by atoms with van der Waals surface area (Å²) in [6.07, 6.45) is 0. The maximum atomic E-state index is 13.1. The molecule has 2 aromatic rings. The number of aryl methyl sites for hydroxylation is 1. The van der Waals surface area contributed by atoms with Gasteiger partial charge in [-0.2, -0.15) is 0 Å². The van der Waals surface area contributed by atoms with Crippen LogP contribution in [0.4, 0.5) is 4.39 Å². The van der Waals surface area contributed by atoms with Crippen LogP contribution in [-0.4, -0.2) is 47.2 Å². The second-order valence-corrected chi connectivity index (χ2v) is 5.86. The first kappa shape index (κ1) is 15.2. The summed E-state index contributed by atoms with van der Waals surface area (Å²) in [6.45, 7) is 10.4. The second kappa shape index (κ2) is 6.58. The molecule has 0 radical (unpaired) electrons. The van der Waals surface area contributed by atoms with Gasteiger partial charge in [-0.05, 0) is 38.1 Å². The molecule has 1 aromatic carbocycles. The molecule has 1 aliphatic heterocycles. The van der Waals surface area contributed by atoms with E-state index in [9.17, 15) is 4.39 Å². The highest BCUT2D eigenvalue weighted by Gasteiger charge is 2.15. The highest BCUT2D eigenvalue weighted by molar-refractivity contribution is 5.56. The van der Waals surface area contributed by atoms with Crippen molar-refractivity contribution in [2.45, 2.75) is 20.4 Å². The molecule has 0 aliphatic carbocycles. The van der Waals surface area contributed by atoms with Crippen molar-refractivity contribution in [3.63, 3.8) is 0 Å². The molecule has 1 aromatic heterocycles. The zero-order valence-electron chi connectivity index (χ0n) is 13.3. The predicted octanol–water partition coefficient (Wildman–Crippen LogP) is 2.21. The molecule has 0 saturated carbocycles. The Labute approximate surface area is 131 Å². The van der Waals surface area contributed by atoms with Gasteiger partial charge >= 0.3 is 0 Å². The van der Waals surface area contributed by atoms with Gasteiger partial charge in [-0.25, -0.2) is 9.37 Å². The summed E-state index contributed by atoms with van der Waals surface area (Å²) in [4.78, 5) is 7.16. The standard InChI is InChI=1S/C17H23FN4/c1-13-14(2)22(12-11-21-9-7-19-8-10-21)17(20-13)15-3-5-16(18)6-4-15/h3-6,19H,7-12H2,1-2H3. The van der Waals surface area contributed by atoms with E-state index >= 15 is 0 Å². The van der Waals surface area contributed by atoms with E-state index in [2.05, 4.69) is 26.7 Å². The topological polar surface area (TPSA) is 33.1 Å². The molecular weight excluding hydrogens is 279 g/mol. The lowest BCUT2D eigenvalue weighted by Crippen LogP contribution is -2.44. The van der Waals surface area contributed by atoms with Crippen molar-refractivity contribution in [3.8, 4) is 11.4 Å². The highest BCUT2D eigenvalue weighted by atomic mass is 19.1. The number of imidazole rings is 1. The van der Waals surface area contributed by atoms with Crippen LogP contribution in [0.15, 0.2) is 24.3 Å². The first-order valence-electron chi connectivity index (χ1n) is 7.88. The number of nitrogens with one attached hydrogen (secondary N) is 1. The maximum absolute atomic E-state index is 13.1. The highest BCUT2D eigenvalue weighted by Crippen LogP contribution is 2.22. The van der Waals surface area contributed by atoms with Crippen LogP contribution in [0.1, 0.15) is 11.4 Å². The molecule has 3 rings (SSSR count). The van der Waals surface area contributed by atoms with Crippen LogP contribution in [0.3, 0.4) is 0 Å². The Balaban J connectivity index is 1.81. The number of hydrogen-bond donors (Lipinski definition) is 1. The number of hydrogen-bond acceptors (Lipinski definition) is 3. The van der Waals surface area contributed by atoms with Gasteiger partial charge < -0.3 is 9.88 Å². The van der Waals surface area contributed by atoms with Gasteiger partial charge in [-0.15, -0.1) is 0 Å². The number of benzene rings is 1. The minimum atomic E-state index is -0.212. The van der Waals surface area contributed by atoms with Gasteiger partial charge in [0, 0.05) is 50.5 Å². The van der Waals surface area contributed by atoms with E-state index in [1.807, 2.05) is 6.92 Å². The molecule has 0 spiro atoms. The fourth-order valence-electron chi connectivity index (χ4n) is 2.92. The zero-order chi connectivity index (χ0) is 15.5. The Morgan fingerprint density at radius 2 is 1.77 bits per heavy atom. The largest absolute Gasteiger partial charge is 0.327 e. The number of piperazine rings is 1.